The molecule has 114 valence electrons. The van der Waals surface area contributed by atoms with E-state index in [2.05, 4.69) is 10.6 Å². The Morgan fingerprint density at radius 1 is 1.14 bits per heavy atom. The number of amides is 1. The molecule has 2 N–H and O–H groups in total. The van der Waals surface area contributed by atoms with Crippen LogP contribution in [0.3, 0.4) is 0 Å². The summed E-state index contributed by atoms with van der Waals surface area (Å²) in [7, 11) is 0. The number of anilines is 1. The van der Waals surface area contributed by atoms with Crippen LogP contribution in [-0.2, 0) is 4.79 Å². The Labute approximate surface area is 120 Å². The Balaban J connectivity index is 3.00. The monoisotopic (exact) mass is 296 g/mol. The molecule has 9 nitrogen and oxygen atoms in total. The van der Waals surface area contributed by atoms with Crippen molar-refractivity contribution in [2.45, 2.75) is 32.9 Å². The first-order valence-corrected chi connectivity index (χ1v) is 6.22. The number of carbonyl (C=O) groups is 1. The maximum atomic E-state index is 11.8. The molecule has 0 aliphatic heterocycles. The predicted molar refractivity (Wildman–Crippen MR) is 76.1 cm³/mol. The molecule has 1 aromatic rings. The molecule has 21 heavy (non-hydrogen) atoms. The number of nitrogens with one attached hydrogen (secondary N) is 2. The number of non-ortho nitro benzene ring substituents is 1. The highest BCUT2D eigenvalue weighted by Gasteiger charge is 2.22. The summed E-state index contributed by atoms with van der Waals surface area (Å²) in [6.07, 6.45) is 0. The Hall–Kier alpha value is -2.71. The third kappa shape index (κ3) is 4.41. The van der Waals surface area contributed by atoms with Crippen LogP contribution >= 0.6 is 0 Å². The summed E-state index contributed by atoms with van der Waals surface area (Å²) in [6.45, 7) is 5.13. The van der Waals surface area contributed by atoms with E-state index in [1.165, 1.54) is 6.07 Å². The van der Waals surface area contributed by atoms with E-state index in [9.17, 15) is 25.0 Å². The fourth-order valence-corrected chi connectivity index (χ4v) is 1.62. The van der Waals surface area contributed by atoms with Crippen LogP contribution in [0.5, 0.6) is 0 Å². The van der Waals surface area contributed by atoms with E-state index in [1.54, 1.807) is 20.8 Å². The predicted octanol–water partition coefficient (Wildman–Crippen LogP) is 1.83. The van der Waals surface area contributed by atoms with Crippen molar-refractivity contribution >= 4 is 23.0 Å². The van der Waals surface area contributed by atoms with Gasteiger partial charge in [-0.1, -0.05) is 0 Å². The SMILES string of the molecule is CC(C)NC(=O)C(C)Nc1ccc([N+](=O)[O-])cc1[N+](=O)[O-]. The minimum absolute atomic E-state index is 0.0528. The molecular formula is C12H16N4O5. The molecule has 0 aromatic heterocycles. The van der Waals surface area contributed by atoms with E-state index in [0.717, 1.165) is 12.1 Å². The minimum Gasteiger partial charge on any atom is -0.368 e. The lowest BCUT2D eigenvalue weighted by Gasteiger charge is -2.16. The number of nitro groups is 2. The second-order valence-corrected chi connectivity index (χ2v) is 4.74. The van der Waals surface area contributed by atoms with Gasteiger partial charge >= 0.3 is 0 Å². The van der Waals surface area contributed by atoms with Crippen molar-refractivity contribution in [2.75, 3.05) is 5.32 Å². The zero-order chi connectivity index (χ0) is 16.2. The molecule has 1 amide bonds. The lowest BCUT2D eigenvalue weighted by Crippen LogP contribution is -2.41. The molecule has 0 aliphatic carbocycles. The molecule has 1 unspecified atom stereocenters. The first-order valence-electron chi connectivity index (χ1n) is 6.22. The van der Waals surface area contributed by atoms with Crippen molar-refractivity contribution in [3.05, 3.63) is 38.4 Å². The first-order chi connectivity index (χ1) is 9.72. The van der Waals surface area contributed by atoms with E-state index in [-0.39, 0.29) is 23.3 Å². The second-order valence-electron chi connectivity index (χ2n) is 4.74. The van der Waals surface area contributed by atoms with Gasteiger partial charge in [0, 0.05) is 12.1 Å². The summed E-state index contributed by atoms with van der Waals surface area (Å²) in [4.78, 5) is 31.9. The number of nitro benzene ring substituents is 2. The van der Waals surface area contributed by atoms with Gasteiger partial charge in [-0.2, -0.15) is 0 Å². The third-order valence-electron chi connectivity index (χ3n) is 2.59. The van der Waals surface area contributed by atoms with E-state index in [1.807, 2.05) is 0 Å². The van der Waals surface area contributed by atoms with Gasteiger partial charge in [0.2, 0.25) is 5.91 Å². The van der Waals surface area contributed by atoms with Crippen LogP contribution in [0.15, 0.2) is 18.2 Å². The van der Waals surface area contributed by atoms with Gasteiger partial charge in [-0.25, -0.2) is 0 Å². The van der Waals surface area contributed by atoms with E-state index >= 15 is 0 Å². The van der Waals surface area contributed by atoms with Crippen LogP contribution < -0.4 is 10.6 Å². The smallest absolute Gasteiger partial charge is 0.299 e. The van der Waals surface area contributed by atoms with Crippen molar-refractivity contribution in [2.24, 2.45) is 0 Å². The maximum absolute atomic E-state index is 11.8. The van der Waals surface area contributed by atoms with Crippen molar-refractivity contribution in [3.63, 3.8) is 0 Å². The van der Waals surface area contributed by atoms with Crippen molar-refractivity contribution in [3.8, 4) is 0 Å². The highest BCUT2D eigenvalue weighted by Crippen LogP contribution is 2.29. The fourth-order valence-electron chi connectivity index (χ4n) is 1.62. The van der Waals surface area contributed by atoms with E-state index < -0.39 is 21.6 Å². The van der Waals surface area contributed by atoms with Crippen LogP contribution in [0.1, 0.15) is 20.8 Å². The molecule has 0 saturated heterocycles. The molecule has 1 atom stereocenters. The summed E-state index contributed by atoms with van der Waals surface area (Å²) < 4.78 is 0. The van der Waals surface area contributed by atoms with Crippen LogP contribution in [0.4, 0.5) is 17.1 Å². The zero-order valence-electron chi connectivity index (χ0n) is 11.8. The molecule has 1 rings (SSSR count). The average Bonchev–Trinajstić information content (AvgIpc) is 2.37. The molecule has 0 fully saturated rings. The van der Waals surface area contributed by atoms with Gasteiger partial charge in [-0.15, -0.1) is 0 Å². The highest BCUT2D eigenvalue weighted by molar-refractivity contribution is 5.85. The van der Waals surface area contributed by atoms with E-state index in [4.69, 9.17) is 0 Å². The van der Waals surface area contributed by atoms with Gasteiger partial charge in [0.25, 0.3) is 11.4 Å². The molecule has 0 bridgehead atoms. The van der Waals surface area contributed by atoms with Crippen molar-refractivity contribution < 1.29 is 14.6 Å². The number of hydrogen-bond donors (Lipinski definition) is 2. The summed E-state index contributed by atoms with van der Waals surface area (Å²) in [5.41, 5.74) is -0.781. The van der Waals surface area contributed by atoms with Crippen LogP contribution in [0.25, 0.3) is 0 Å². The first kappa shape index (κ1) is 16.3. The van der Waals surface area contributed by atoms with E-state index in [0.29, 0.717) is 0 Å². The molecule has 0 saturated carbocycles. The topological polar surface area (TPSA) is 127 Å². The van der Waals surface area contributed by atoms with Gasteiger partial charge in [0.15, 0.2) is 0 Å². The summed E-state index contributed by atoms with van der Waals surface area (Å²) in [5.74, 6) is -0.322. The standard InChI is InChI=1S/C12H16N4O5/c1-7(2)13-12(17)8(3)14-10-5-4-9(15(18)19)6-11(10)16(20)21/h4-8,14H,1-3H3,(H,13,17). The normalized spacial score (nSPS) is 11.8. The number of carbonyl (C=O) groups excluding carboxylic acids is 1. The summed E-state index contributed by atoms with van der Waals surface area (Å²) in [6, 6.07) is 2.44. The molecule has 0 heterocycles. The van der Waals surface area contributed by atoms with Crippen LogP contribution in [-0.4, -0.2) is 27.8 Å². The van der Waals surface area contributed by atoms with Crippen molar-refractivity contribution in [1.29, 1.82) is 0 Å². The minimum atomic E-state index is -0.734. The number of nitrogens with zero attached hydrogens (tertiary/aromatic N) is 2. The highest BCUT2D eigenvalue weighted by atomic mass is 16.6. The molecule has 0 spiro atoms. The van der Waals surface area contributed by atoms with Crippen molar-refractivity contribution in [1.82, 2.24) is 5.32 Å². The molecule has 1 aromatic carbocycles. The number of rotatable bonds is 6. The summed E-state index contributed by atoms with van der Waals surface area (Å²) >= 11 is 0. The second kappa shape index (κ2) is 6.64. The third-order valence-corrected chi connectivity index (χ3v) is 2.59. The number of hydrogen-bond acceptors (Lipinski definition) is 6. The van der Waals surface area contributed by atoms with Gasteiger partial charge < -0.3 is 10.6 Å². The quantitative estimate of drug-likeness (QED) is 0.608. The van der Waals surface area contributed by atoms with Crippen LogP contribution in [0, 0.1) is 20.2 Å². The molecular weight excluding hydrogens is 280 g/mol. The van der Waals surface area contributed by atoms with Gasteiger partial charge in [-0.05, 0) is 26.8 Å². The Morgan fingerprint density at radius 3 is 2.24 bits per heavy atom. The van der Waals surface area contributed by atoms with Gasteiger partial charge in [0.05, 0.1) is 15.9 Å². The van der Waals surface area contributed by atoms with Gasteiger partial charge in [-0.3, -0.25) is 25.0 Å². The Kier molecular flexibility index (Phi) is 5.17. The largest absolute Gasteiger partial charge is 0.368 e. The number of benzene rings is 1. The van der Waals surface area contributed by atoms with Gasteiger partial charge in [0.1, 0.15) is 11.7 Å². The Bertz CT molecular complexity index is 573. The lowest BCUT2D eigenvalue weighted by molar-refractivity contribution is -0.393. The molecule has 9 heteroatoms. The molecule has 0 aliphatic rings. The summed E-state index contributed by atoms with van der Waals surface area (Å²) in [5, 5.41) is 27.0. The lowest BCUT2D eigenvalue weighted by atomic mass is 10.2. The maximum Gasteiger partial charge on any atom is 0.299 e. The zero-order valence-corrected chi connectivity index (χ0v) is 11.8. The van der Waals surface area contributed by atoms with Crippen LogP contribution in [0.2, 0.25) is 0 Å². The Morgan fingerprint density at radius 2 is 1.76 bits per heavy atom. The molecule has 0 radical (unpaired) electrons. The average molecular weight is 296 g/mol. The fraction of sp³-hybridized carbons (Fsp3) is 0.417.